The van der Waals surface area contributed by atoms with E-state index in [4.69, 9.17) is 22.1 Å². The van der Waals surface area contributed by atoms with Crippen LogP contribution in [0.15, 0.2) is 17.3 Å². The van der Waals surface area contributed by atoms with Gasteiger partial charge < -0.3 is 15.4 Å². The molecule has 1 aromatic rings. The van der Waals surface area contributed by atoms with Gasteiger partial charge in [-0.15, -0.1) is 0 Å². The van der Waals surface area contributed by atoms with Crippen LogP contribution in [0.5, 0.6) is 5.88 Å². The van der Waals surface area contributed by atoms with Crippen LogP contribution >= 0.6 is 11.6 Å². The Balaban J connectivity index is 1.84. The zero-order chi connectivity index (χ0) is 17.7. The zero-order valence-corrected chi connectivity index (χ0v) is 14.1. The Morgan fingerprint density at radius 2 is 2.29 bits per heavy atom. The van der Waals surface area contributed by atoms with Crippen LogP contribution in [0.2, 0.25) is 5.02 Å². The molecule has 2 N–H and O–H groups in total. The number of likely N-dealkylation sites (tertiary alicyclic amines) is 1. The van der Waals surface area contributed by atoms with E-state index in [-0.39, 0.29) is 24.1 Å². The standard InChI is InChI=1S/C15H20ClF3N4O/c1-10-3-2-5-23(9-10)14(20)21-4-6-24-13-12(16)7-11(8-22-13)15(17,18)19/h7-8,10H,2-6,9H2,1H3,(H2,20,21). The van der Waals surface area contributed by atoms with E-state index in [1.165, 1.54) is 6.42 Å². The summed E-state index contributed by atoms with van der Waals surface area (Å²) in [4.78, 5) is 9.85. The Morgan fingerprint density at radius 3 is 2.92 bits per heavy atom. The molecule has 9 heteroatoms. The Morgan fingerprint density at radius 1 is 1.54 bits per heavy atom. The number of halogens is 4. The lowest BCUT2D eigenvalue weighted by Crippen LogP contribution is -2.43. The smallest absolute Gasteiger partial charge is 0.417 e. The van der Waals surface area contributed by atoms with Gasteiger partial charge in [-0.2, -0.15) is 13.2 Å². The first-order valence-corrected chi connectivity index (χ1v) is 8.05. The number of rotatable bonds is 4. The Kier molecular flexibility index (Phi) is 6.15. The van der Waals surface area contributed by atoms with Crippen LogP contribution < -0.4 is 10.5 Å². The van der Waals surface area contributed by atoms with Crippen molar-refractivity contribution in [3.63, 3.8) is 0 Å². The summed E-state index contributed by atoms with van der Waals surface area (Å²) in [6.45, 7) is 4.33. The molecule has 0 saturated carbocycles. The van der Waals surface area contributed by atoms with Gasteiger partial charge in [0, 0.05) is 19.3 Å². The fourth-order valence-corrected chi connectivity index (χ4v) is 2.71. The van der Waals surface area contributed by atoms with E-state index < -0.39 is 11.7 Å². The van der Waals surface area contributed by atoms with Crippen LogP contribution in [-0.2, 0) is 6.18 Å². The van der Waals surface area contributed by atoms with E-state index in [0.717, 1.165) is 25.6 Å². The second kappa shape index (κ2) is 7.92. The van der Waals surface area contributed by atoms with Crippen LogP contribution in [0.25, 0.3) is 0 Å². The molecule has 1 fully saturated rings. The number of nitrogens with zero attached hydrogens (tertiary/aromatic N) is 3. The molecule has 1 aliphatic heterocycles. The highest BCUT2D eigenvalue weighted by Crippen LogP contribution is 2.33. The van der Waals surface area contributed by atoms with Gasteiger partial charge >= 0.3 is 6.18 Å². The maximum Gasteiger partial charge on any atom is 0.417 e. The lowest BCUT2D eigenvalue weighted by Gasteiger charge is -2.31. The molecule has 0 aromatic carbocycles. The summed E-state index contributed by atoms with van der Waals surface area (Å²) in [7, 11) is 0. The van der Waals surface area contributed by atoms with Crippen LogP contribution in [-0.4, -0.2) is 42.1 Å². The number of guanidine groups is 1. The highest BCUT2D eigenvalue weighted by Gasteiger charge is 2.31. The van der Waals surface area contributed by atoms with Crippen molar-refractivity contribution in [3.05, 3.63) is 22.8 Å². The third kappa shape index (κ3) is 5.15. The molecule has 134 valence electrons. The topological polar surface area (TPSA) is 63.7 Å². The van der Waals surface area contributed by atoms with Gasteiger partial charge in [-0.1, -0.05) is 18.5 Å². The average molecular weight is 365 g/mol. The number of aromatic nitrogens is 1. The monoisotopic (exact) mass is 364 g/mol. The number of hydrogen-bond acceptors (Lipinski definition) is 3. The molecule has 0 radical (unpaired) electrons. The summed E-state index contributed by atoms with van der Waals surface area (Å²) in [5.41, 5.74) is 5.03. The summed E-state index contributed by atoms with van der Waals surface area (Å²) in [6.07, 6.45) is -1.53. The van der Waals surface area contributed by atoms with Gasteiger partial charge in [-0.3, -0.25) is 0 Å². The fourth-order valence-electron chi connectivity index (χ4n) is 2.49. The molecule has 1 atom stereocenters. The van der Waals surface area contributed by atoms with E-state index >= 15 is 0 Å². The number of aliphatic imine (C=N–C) groups is 1. The zero-order valence-electron chi connectivity index (χ0n) is 13.3. The van der Waals surface area contributed by atoms with E-state index in [2.05, 4.69) is 16.9 Å². The summed E-state index contributed by atoms with van der Waals surface area (Å²) >= 11 is 5.76. The quantitative estimate of drug-likeness (QED) is 0.506. The summed E-state index contributed by atoms with van der Waals surface area (Å²) in [5, 5.41) is -0.188. The average Bonchev–Trinajstić information content (AvgIpc) is 2.51. The predicted octanol–water partition coefficient (Wildman–Crippen LogP) is 3.18. The molecule has 1 aromatic heterocycles. The first-order chi connectivity index (χ1) is 11.3. The number of hydrogen-bond donors (Lipinski definition) is 1. The number of nitrogens with two attached hydrogens (primary N) is 1. The number of pyridine rings is 1. The first kappa shape index (κ1) is 18.6. The van der Waals surface area contributed by atoms with Crippen molar-refractivity contribution in [2.75, 3.05) is 26.2 Å². The molecule has 2 heterocycles. The minimum absolute atomic E-state index is 0.0509. The van der Waals surface area contributed by atoms with Crippen molar-refractivity contribution in [1.29, 1.82) is 0 Å². The van der Waals surface area contributed by atoms with Crippen LogP contribution in [0, 0.1) is 5.92 Å². The maximum atomic E-state index is 12.5. The molecule has 0 bridgehead atoms. The highest BCUT2D eigenvalue weighted by molar-refractivity contribution is 6.31. The minimum Gasteiger partial charge on any atom is -0.475 e. The third-order valence-electron chi connectivity index (χ3n) is 3.72. The molecular formula is C15H20ClF3N4O. The molecule has 1 aliphatic rings. The van der Waals surface area contributed by atoms with Gasteiger partial charge in [-0.05, 0) is 24.8 Å². The molecule has 2 rings (SSSR count). The van der Waals surface area contributed by atoms with Crippen molar-refractivity contribution in [2.45, 2.75) is 25.9 Å². The SMILES string of the molecule is CC1CCCN(C(N)=NCCOc2ncc(C(F)(F)F)cc2Cl)C1. The Bertz CT molecular complexity index is 595. The van der Waals surface area contributed by atoms with E-state index in [9.17, 15) is 13.2 Å². The van der Waals surface area contributed by atoms with Crippen LogP contribution in [0.3, 0.4) is 0 Å². The van der Waals surface area contributed by atoms with Gasteiger partial charge in [0.25, 0.3) is 0 Å². The molecule has 0 aliphatic carbocycles. The van der Waals surface area contributed by atoms with Crippen LogP contribution in [0.4, 0.5) is 13.2 Å². The number of alkyl halides is 3. The van der Waals surface area contributed by atoms with E-state index in [1.54, 1.807) is 0 Å². The molecule has 1 saturated heterocycles. The molecule has 1 unspecified atom stereocenters. The molecule has 0 amide bonds. The maximum absolute atomic E-state index is 12.5. The van der Waals surface area contributed by atoms with Crippen molar-refractivity contribution in [1.82, 2.24) is 9.88 Å². The molecule has 5 nitrogen and oxygen atoms in total. The van der Waals surface area contributed by atoms with Crippen molar-refractivity contribution in [2.24, 2.45) is 16.6 Å². The molecular weight excluding hydrogens is 345 g/mol. The largest absolute Gasteiger partial charge is 0.475 e. The Hall–Kier alpha value is -1.70. The third-order valence-corrected chi connectivity index (χ3v) is 3.99. The van der Waals surface area contributed by atoms with Crippen molar-refractivity contribution in [3.8, 4) is 5.88 Å². The molecule has 0 spiro atoms. The first-order valence-electron chi connectivity index (χ1n) is 7.67. The van der Waals surface area contributed by atoms with Gasteiger partial charge in [-0.25, -0.2) is 9.98 Å². The van der Waals surface area contributed by atoms with Crippen molar-refractivity contribution >= 4 is 17.6 Å². The minimum atomic E-state index is -4.49. The van der Waals surface area contributed by atoms with Gasteiger partial charge in [0.15, 0.2) is 5.96 Å². The number of ether oxygens (including phenoxy) is 1. The van der Waals surface area contributed by atoms with Gasteiger partial charge in [0.05, 0.1) is 12.1 Å². The fraction of sp³-hybridized carbons (Fsp3) is 0.600. The summed E-state index contributed by atoms with van der Waals surface area (Å²) in [6, 6.07) is 0.788. The molecule has 24 heavy (non-hydrogen) atoms. The van der Waals surface area contributed by atoms with E-state index in [0.29, 0.717) is 18.1 Å². The second-order valence-electron chi connectivity index (χ2n) is 5.79. The second-order valence-corrected chi connectivity index (χ2v) is 6.20. The Labute approximate surface area is 143 Å². The lowest BCUT2D eigenvalue weighted by atomic mass is 10.0. The van der Waals surface area contributed by atoms with Gasteiger partial charge in [0.2, 0.25) is 5.88 Å². The number of piperidine rings is 1. The van der Waals surface area contributed by atoms with Gasteiger partial charge in [0.1, 0.15) is 11.6 Å². The summed E-state index contributed by atoms with van der Waals surface area (Å²) < 4.78 is 42.8. The lowest BCUT2D eigenvalue weighted by molar-refractivity contribution is -0.137. The predicted molar refractivity (Wildman–Crippen MR) is 86.2 cm³/mol. The van der Waals surface area contributed by atoms with Crippen molar-refractivity contribution < 1.29 is 17.9 Å². The highest BCUT2D eigenvalue weighted by atomic mass is 35.5. The normalized spacial score (nSPS) is 19.5. The van der Waals surface area contributed by atoms with Crippen LogP contribution in [0.1, 0.15) is 25.3 Å². The van der Waals surface area contributed by atoms with E-state index in [1.807, 2.05) is 4.90 Å². The summed E-state index contributed by atoms with van der Waals surface area (Å²) in [5.74, 6) is 0.987.